The van der Waals surface area contributed by atoms with Crippen LogP contribution in [-0.2, 0) is 9.59 Å². The summed E-state index contributed by atoms with van der Waals surface area (Å²) in [5, 5.41) is 5.56. The van der Waals surface area contributed by atoms with Gasteiger partial charge in [0.25, 0.3) is 0 Å². The molecule has 1 aliphatic rings. The Morgan fingerprint density at radius 3 is 2.86 bits per heavy atom. The number of piperazine rings is 1. The van der Waals surface area contributed by atoms with Gasteiger partial charge in [-0.2, -0.15) is 0 Å². The number of hydrogen-bond acceptors (Lipinski definition) is 4. The number of nitrogens with one attached hydrogen (secondary N) is 2. The molecule has 0 saturated carbocycles. The molecule has 21 heavy (non-hydrogen) atoms. The van der Waals surface area contributed by atoms with Crippen LogP contribution in [0.25, 0.3) is 0 Å². The van der Waals surface area contributed by atoms with Crippen molar-refractivity contribution in [1.82, 2.24) is 10.2 Å². The summed E-state index contributed by atoms with van der Waals surface area (Å²) < 4.78 is 0. The zero-order chi connectivity index (χ0) is 15.4. The molecular weight excluding hydrogens is 288 g/mol. The van der Waals surface area contributed by atoms with Crippen molar-refractivity contribution in [3.05, 3.63) is 29.8 Å². The quantitative estimate of drug-likeness (QED) is 0.686. The van der Waals surface area contributed by atoms with Crippen LogP contribution in [0.4, 0.5) is 5.69 Å². The Balaban J connectivity index is 2.07. The van der Waals surface area contributed by atoms with E-state index in [1.807, 2.05) is 11.0 Å². The van der Waals surface area contributed by atoms with Gasteiger partial charge >= 0.3 is 0 Å². The van der Waals surface area contributed by atoms with Crippen LogP contribution in [0.1, 0.15) is 12.5 Å². The van der Waals surface area contributed by atoms with E-state index < -0.39 is 6.04 Å². The molecular formula is C14H18N4O2S. The molecule has 1 unspecified atom stereocenters. The zero-order valence-electron chi connectivity index (χ0n) is 11.8. The molecule has 0 bridgehead atoms. The van der Waals surface area contributed by atoms with E-state index in [9.17, 15) is 9.59 Å². The molecule has 6 nitrogen and oxygen atoms in total. The van der Waals surface area contributed by atoms with Gasteiger partial charge in [-0.05, 0) is 19.1 Å². The summed E-state index contributed by atoms with van der Waals surface area (Å²) in [5.74, 6) is -0.252. The maximum atomic E-state index is 12.3. The van der Waals surface area contributed by atoms with Crippen LogP contribution in [0.15, 0.2) is 24.3 Å². The topological polar surface area (TPSA) is 87.5 Å². The number of rotatable bonds is 4. The van der Waals surface area contributed by atoms with E-state index >= 15 is 0 Å². The first kappa shape index (κ1) is 15.4. The van der Waals surface area contributed by atoms with Gasteiger partial charge in [-0.15, -0.1) is 0 Å². The van der Waals surface area contributed by atoms with E-state index in [1.165, 1.54) is 0 Å². The fourth-order valence-corrected chi connectivity index (χ4v) is 2.38. The lowest BCUT2D eigenvalue weighted by Gasteiger charge is -2.31. The third kappa shape index (κ3) is 3.77. The molecule has 1 aromatic carbocycles. The van der Waals surface area contributed by atoms with E-state index in [4.69, 9.17) is 18.0 Å². The Kier molecular flexibility index (Phi) is 4.87. The largest absolute Gasteiger partial charge is 0.389 e. The van der Waals surface area contributed by atoms with Crippen LogP contribution < -0.4 is 16.4 Å². The third-order valence-corrected chi connectivity index (χ3v) is 3.67. The van der Waals surface area contributed by atoms with Gasteiger partial charge in [-0.1, -0.05) is 24.4 Å². The highest BCUT2D eigenvalue weighted by Gasteiger charge is 2.26. The average molecular weight is 306 g/mol. The van der Waals surface area contributed by atoms with Crippen molar-refractivity contribution in [2.75, 3.05) is 25.0 Å². The molecule has 1 aromatic rings. The zero-order valence-corrected chi connectivity index (χ0v) is 12.6. The number of anilines is 1. The van der Waals surface area contributed by atoms with Crippen LogP contribution in [0.2, 0.25) is 0 Å². The van der Waals surface area contributed by atoms with E-state index in [0.29, 0.717) is 24.3 Å². The molecule has 7 heteroatoms. The highest BCUT2D eigenvalue weighted by atomic mass is 32.1. The van der Waals surface area contributed by atoms with Crippen LogP contribution >= 0.6 is 12.2 Å². The maximum Gasteiger partial charge on any atom is 0.241 e. The predicted molar refractivity (Wildman–Crippen MR) is 85.0 cm³/mol. The van der Waals surface area contributed by atoms with E-state index in [0.717, 1.165) is 0 Å². The number of amides is 2. The summed E-state index contributed by atoms with van der Waals surface area (Å²) >= 11 is 4.97. The molecule has 0 radical (unpaired) electrons. The van der Waals surface area contributed by atoms with Gasteiger partial charge in [0.1, 0.15) is 4.99 Å². The van der Waals surface area contributed by atoms with Crippen molar-refractivity contribution in [2.24, 2.45) is 5.73 Å². The fraction of sp³-hybridized carbons (Fsp3) is 0.357. The molecule has 0 aliphatic carbocycles. The van der Waals surface area contributed by atoms with E-state index in [2.05, 4.69) is 10.6 Å². The van der Waals surface area contributed by atoms with Crippen molar-refractivity contribution in [1.29, 1.82) is 0 Å². The Labute approximate surface area is 128 Å². The lowest BCUT2D eigenvalue weighted by Crippen LogP contribution is -2.53. The van der Waals surface area contributed by atoms with Crippen molar-refractivity contribution < 1.29 is 9.59 Å². The average Bonchev–Trinajstić information content (AvgIpc) is 2.46. The molecule has 112 valence electrons. The smallest absolute Gasteiger partial charge is 0.241 e. The number of thiocarbonyl (C=S) groups is 1. The van der Waals surface area contributed by atoms with Crippen molar-refractivity contribution >= 4 is 34.7 Å². The number of nitrogens with zero attached hydrogens (tertiary/aromatic N) is 1. The highest BCUT2D eigenvalue weighted by molar-refractivity contribution is 7.80. The molecule has 1 heterocycles. The van der Waals surface area contributed by atoms with Crippen LogP contribution in [-0.4, -0.2) is 47.4 Å². The normalized spacial score (nSPS) is 16.9. The van der Waals surface area contributed by atoms with Gasteiger partial charge in [0.05, 0.1) is 18.3 Å². The maximum absolute atomic E-state index is 12.3. The monoisotopic (exact) mass is 306 g/mol. The second-order valence-corrected chi connectivity index (χ2v) is 5.34. The number of carbonyl (C=O) groups is 2. The standard InChI is InChI=1S/C14H18N4O2S/c1-9(18-7-6-16-12(19)8-18)14(20)17-11-5-3-2-4-10(11)13(15)21/h2-5,9H,6-8H2,1H3,(H2,15,21)(H,16,19)(H,17,20). The first-order chi connectivity index (χ1) is 9.99. The Morgan fingerprint density at radius 2 is 2.19 bits per heavy atom. The number of benzene rings is 1. The van der Waals surface area contributed by atoms with Crippen molar-refractivity contribution in [2.45, 2.75) is 13.0 Å². The van der Waals surface area contributed by atoms with E-state index in [-0.39, 0.29) is 23.3 Å². The Bertz CT molecular complexity index is 576. The lowest BCUT2D eigenvalue weighted by atomic mass is 10.1. The summed E-state index contributed by atoms with van der Waals surface area (Å²) in [5.41, 5.74) is 6.86. The molecule has 4 N–H and O–H groups in total. The molecule has 1 atom stereocenters. The van der Waals surface area contributed by atoms with Gasteiger partial charge in [0.15, 0.2) is 0 Å². The minimum atomic E-state index is -0.407. The molecule has 1 aliphatic heterocycles. The van der Waals surface area contributed by atoms with Gasteiger partial charge in [0, 0.05) is 18.7 Å². The Hall–Kier alpha value is -1.99. The second-order valence-electron chi connectivity index (χ2n) is 4.90. The third-order valence-electron chi connectivity index (χ3n) is 3.45. The molecule has 2 amide bonds. The molecule has 1 fully saturated rings. The first-order valence-electron chi connectivity index (χ1n) is 6.69. The molecule has 0 spiro atoms. The number of para-hydroxylation sites is 1. The van der Waals surface area contributed by atoms with Crippen molar-refractivity contribution in [3.63, 3.8) is 0 Å². The van der Waals surface area contributed by atoms with Crippen LogP contribution in [0.5, 0.6) is 0 Å². The van der Waals surface area contributed by atoms with Gasteiger partial charge in [-0.3, -0.25) is 14.5 Å². The number of nitrogens with two attached hydrogens (primary N) is 1. The molecule has 0 aromatic heterocycles. The molecule has 1 saturated heterocycles. The summed E-state index contributed by atoms with van der Waals surface area (Å²) in [7, 11) is 0. The summed E-state index contributed by atoms with van der Waals surface area (Å²) in [4.78, 5) is 25.8. The minimum Gasteiger partial charge on any atom is -0.389 e. The van der Waals surface area contributed by atoms with Gasteiger partial charge < -0.3 is 16.4 Å². The van der Waals surface area contributed by atoms with Gasteiger partial charge in [-0.25, -0.2) is 0 Å². The van der Waals surface area contributed by atoms with Gasteiger partial charge in [0.2, 0.25) is 11.8 Å². The lowest BCUT2D eigenvalue weighted by molar-refractivity contribution is -0.127. The highest BCUT2D eigenvalue weighted by Crippen LogP contribution is 2.16. The minimum absolute atomic E-state index is 0.0653. The SMILES string of the molecule is CC(C(=O)Nc1ccccc1C(N)=S)N1CCNC(=O)C1. The fourth-order valence-electron chi connectivity index (χ4n) is 2.20. The summed E-state index contributed by atoms with van der Waals surface area (Å²) in [6.45, 7) is 3.21. The second kappa shape index (κ2) is 6.64. The summed E-state index contributed by atoms with van der Waals surface area (Å²) in [6.07, 6.45) is 0. The Morgan fingerprint density at radius 1 is 1.48 bits per heavy atom. The van der Waals surface area contributed by atoms with Crippen molar-refractivity contribution in [3.8, 4) is 0 Å². The summed E-state index contributed by atoms with van der Waals surface area (Å²) in [6, 6.07) is 6.72. The number of hydrogen-bond donors (Lipinski definition) is 3. The van der Waals surface area contributed by atoms with Crippen LogP contribution in [0.3, 0.4) is 0 Å². The number of carbonyl (C=O) groups excluding carboxylic acids is 2. The predicted octanol–water partition coefficient (Wildman–Crippen LogP) is 0.0796. The molecule has 2 rings (SSSR count). The van der Waals surface area contributed by atoms with E-state index in [1.54, 1.807) is 25.1 Å². The van der Waals surface area contributed by atoms with Crippen LogP contribution in [0, 0.1) is 0 Å². The first-order valence-corrected chi connectivity index (χ1v) is 7.10.